The molecule has 0 radical (unpaired) electrons. The van der Waals surface area contributed by atoms with E-state index in [0.717, 1.165) is 44.9 Å². The Morgan fingerprint density at radius 2 is 0.588 bits per heavy atom. The Labute approximate surface area is 532 Å². The van der Waals surface area contributed by atoms with Gasteiger partial charge in [-0.1, -0.05) is 391 Å². The van der Waals surface area contributed by atoms with E-state index in [4.69, 9.17) is 4.74 Å². The minimum absolute atomic E-state index is 0.0164. The lowest BCUT2D eigenvalue weighted by Gasteiger charge is -2.20. The van der Waals surface area contributed by atoms with Crippen molar-refractivity contribution in [2.24, 2.45) is 0 Å². The largest absolute Gasteiger partial charge is 0.466 e. The number of carbonyl (C=O) groups is 2. The molecule has 0 rings (SSSR count). The number of carbonyl (C=O) groups excluding carboxylic acids is 2. The van der Waals surface area contributed by atoms with Gasteiger partial charge in [0.15, 0.2) is 0 Å². The summed E-state index contributed by atoms with van der Waals surface area (Å²) in [6.45, 7) is 4.95. The Hall–Kier alpha value is -1.92. The van der Waals surface area contributed by atoms with Gasteiger partial charge in [-0.25, -0.2) is 0 Å². The van der Waals surface area contributed by atoms with Crippen LogP contribution in [0.1, 0.15) is 431 Å². The van der Waals surface area contributed by atoms with Crippen molar-refractivity contribution in [1.29, 1.82) is 0 Å². The molecule has 1 amide bonds. The van der Waals surface area contributed by atoms with E-state index in [1.54, 1.807) is 6.08 Å². The Kier molecular flexibility index (Phi) is 72.9. The third-order valence-electron chi connectivity index (χ3n) is 18.2. The van der Waals surface area contributed by atoms with Crippen LogP contribution in [0.5, 0.6) is 0 Å². The van der Waals surface area contributed by atoms with Gasteiger partial charge in [-0.05, 0) is 64.2 Å². The van der Waals surface area contributed by atoms with E-state index >= 15 is 0 Å². The molecule has 0 aliphatic heterocycles. The van der Waals surface area contributed by atoms with Crippen molar-refractivity contribution in [3.8, 4) is 0 Å². The molecule has 0 fully saturated rings. The third-order valence-corrected chi connectivity index (χ3v) is 18.2. The molecule has 0 aromatic rings. The number of hydrogen-bond acceptors (Lipinski definition) is 5. The van der Waals surface area contributed by atoms with Gasteiger partial charge in [0, 0.05) is 12.8 Å². The average Bonchev–Trinajstić information content (AvgIpc) is 3.51. The highest BCUT2D eigenvalue weighted by Crippen LogP contribution is 2.19. The number of ether oxygens (including phenoxy) is 1. The molecule has 0 aliphatic carbocycles. The molecule has 502 valence electrons. The molecule has 0 aliphatic rings. The summed E-state index contributed by atoms with van der Waals surface area (Å²) in [6.07, 6.45) is 96.8. The number of aliphatic hydroxyl groups excluding tert-OH is 2. The highest BCUT2D eigenvalue weighted by molar-refractivity contribution is 5.76. The fourth-order valence-corrected chi connectivity index (χ4v) is 12.3. The second-order valence-electron chi connectivity index (χ2n) is 26.7. The predicted molar refractivity (Wildman–Crippen MR) is 375 cm³/mol. The van der Waals surface area contributed by atoms with E-state index < -0.39 is 12.1 Å². The van der Waals surface area contributed by atoms with Crippen molar-refractivity contribution >= 4 is 11.9 Å². The minimum atomic E-state index is -0.847. The van der Waals surface area contributed by atoms with E-state index in [2.05, 4.69) is 43.5 Å². The highest BCUT2D eigenvalue weighted by atomic mass is 16.5. The van der Waals surface area contributed by atoms with E-state index in [9.17, 15) is 19.8 Å². The summed E-state index contributed by atoms with van der Waals surface area (Å²) in [4.78, 5) is 24.6. The summed E-state index contributed by atoms with van der Waals surface area (Å²) >= 11 is 0. The number of hydrogen-bond donors (Lipinski definition) is 3. The summed E-state index contributed by atoms with van der Waals surface area (Å²) in [5.41, 5.74) is 0. The number of unbranched alkanes of at least 4 members (excludes halogenated alkanes) is 58. The lowest BCUT2D eigenvalue weighted by Crippen LogP contribution is -2.45. The Morgan fingerprint density at radius 1 is 0.329 bits per heavy atom. The fourth-order valence-electron chi connectivity index (χ4n) is 12.3. The molecule has 0 aromatic carbocycles. The second-order valence-corrected chi connectivity index (χ2v) is 26.7. The van der Waals surface area contributed by atoms with Crippen molar-refractivity contribution < 1.29 is 24.5 Å². The maximum absolute atomic E-state index is 12.5. The molecule has 2 atom stereocenters. The SMILES string of the molecule is CCCCCCCCCCCCCCCCCCCCCC/C=C/C(O)C(CO)NC(=O)CCCCCCCCCCCCCCC/C=C\C/C=C\CCCCCCCCCCCOC(=O)CCCCCCCCCCCCCCCCCCC. The lowest BCUT2D eigenvalue weighted by atomic mass is 10.0. The first-order valence-corrected chi connectivity index (χ1v) is 38.8. The number of rotatable bonds is 73. The summed E-state index contributed by atoms with van der Waals surface area (Å²) in [7, 11) is 0. The quantitative estimate of drug-likeness (QED) is 0.0320. The molecule has 0 heterocycles. The van der Waals surface area contributed by atoms with Crippen LogP contribution in [-0.2, 0) is 14.3 Å². The normalized spacial score (nSPS) is 12.7. The maximum Gasteiger partial charge on any atom is 0.305 e. The van der Waals surface area contributed by atoms with E-state index in [-0.39, 0.29) is 18.5 Å². The van der Waals surface area contributed by atoms with Gasteiger partial charge in [-0.2, -0.15) is 0 Å². The number of nitrogens with one attached hydrogen (secondary N) is 1. The summed E-state index contributed by atoms with van der Waals surface area (Å²) in [5, 5.41) is 23.3. The number of esters is 1. The van der Waals surface area contributed by atoms with Crippen LogP contribution >= 0.6 is 0 Å². The average molecular weight is 1200 g/mol. The van der Waals surface area contributed by atoms with Crippen molar-refractivity contribution in [2.45, 2.75) is 443 Å². The molecule has 2 unspecified atom stereocenters. The zero-order valence-corrected chi connectivity index (χ0v) is 57.6. The zero-order valence-electron chi connectivity index (χ0n) is 57.6. The molecule has 0 spiro atoms. The zero-order chi connectivity index (χ0) is 61.3. The monoisotopic (exact) mass is 1190 g/mol. The molecule has 0 aromatic heterocycles. The van der Waals surface area contributed by atoms with Crippen molar-refractivity contribution in [1.82, 2.24) is 5.32 Å². The minimum Gasteiger partial charge on any atom is -0.466 e. The van der Waals surface area contributed by atoms with Crippen molar-refractivity contribution in [3.05, 3.63) is 36.5 Å². The number of aliphatic hydroxyl groups is 2. The van der Waals surface area contributed by atoms with Gasteiger partial charge in [0.1, 0.15) is 0 Å². The van der Waals surface area contributed by atoms with Gasteiger partial charge in [0.05, 0.1) is 25.4 Å². The van der Waals surface area contributed by atoms with Crippen LogP contribution in [0.25, 0.3) is 0 Å². The smallest absolute Gasteiger partial charge is 0.305 e. The first kappa shape index (κ1) is 83.1. The molecule has 85 heavy (non-hydrogen) atoms. The second kappa shape index (κ2) is 74.5. The van der Waals surface area contributed by atoms with Crippen LogP contribution in [-0.4, -0.2) is 47.4 Å². The number of allylic oxidation sites excluding steroid dienone is 5. The summed E-state index contributed by atoms with van der Waals surface area (Å²) in [5.74, 6) is -0.0482. The molecule has 6 nitrogen and oxygen atoms in total. The molecule has 0 saturated carbocycles. The van der Waals surface area contributed by atoms with E-state index in [1.807, 2.05) is 6.08 Å². The van der Waals surface area contributed by atoms with Crippen LogP contribution in [0.4, 0.5) is 0 Å². The molecule has 0 saturated heterocycles. The fraction of sp³-hybridized carbons (Fsp3) is 0.899. The Balaban J connectivity index is 3.41. The predicted octanol–water partition coefficient (Wildman–Crippen LogP) is 25.4. The standard InChI is InChI=1S/C79H151NO5/c1-3-5-7-9-11-13-15-17-19-21-22-23-33-36-40-43-47-51-55-59-63-67-71-77(82)76(75-81)80-78(83)72-68-64-60-56-52-48-44-41-37-34-31-29-27-25-24-26-28-30-32-35-38-42-46-50-54-58-62-66-70-74-85-79(84)73-69-65-61-57-53-49-45-39-20-18-16-14-12-10-8-6-4-2/h24,26,30,32,67,71,76-77,81-82H,3-23,25,27-29,31,33-66,68-70,72-75H2,1-2H3,(H,80,83)/b26-24-,32-30-,71-67+. The highest BCUT2D eigenvalue weighted by Gasteiger charge is 2.18. The van der Waals surface area contributed by atoms with Crippen LogP contribution in [0.3, 0.4) is 0 Å². The summed E-state index contributed by atoms with van der Waals surface area (Å²) < 4.78 is 5.51. The van der Waals surface area contributed by atoms with Crippen molar-refractivity contribution in [2.75, 3.05) is 13.2 Å². The van der Waals surface area contributed by atoms with Gasteiger partial charge in [0.25, 0.3) is 0 Å². The van der Waals surface area contributed by atoms with Crippen molar-refractivity contribution in [3.63, 3.8) is 0 Å². The van der Waals surface area contributed by atoms with Crippen LogP contribution in [0, 0.1) is 0 Å². The van der Waals surface area contributed by atoms with Crippen LogP contribution in [0.2, 0.25) is 0 Å². The Bertz CT molecular complexity index is 1380. The topological polar surface area (TPSA) is 95.9 Å². The van der Waals surface area contributed by atoms with Gasteiger partial charge in [-0.15, -0.1) is 0 Å². The molecule has 3 N–H and O–H groups in total. The molecule has 0 bridgehead atoms. The number of amides is 1. The van der Waals surface area contributed by atoms with Gasteiger partial charge < -0.3 is 20.3 Å². The first-order valence-electron chi connectivity index (χ1n) is 38.8. The molecular formula is C79H151NO5. The van der Waals surface area contributed by atoms with E-state index in [1.165, 1.54) is 360 Å². The van der Waals surface area contributed by atoms with Gasteiger partial charge >= 0.3 is 5.97 Å². The van der Waals surface area contributed by atoms with Crippen LogP contribution < -0.4 is 5.32 Å². The van der Waals surface area contributed by atoms with E-state index in [0.29, 0.717) is 19.4 Å². The lowest BCUT2D eigenvalue weighted by molar-refractivity contribution is -0.143. The summed E-state index contributed by atoms with van der Waals surface area (Å²) in [6, 6.07) is -0.630. The van der Waals surface area contributed by atoms with Crippen LogP contribution in [0.15, 0.2) is 36.5 Å². The maximum atomic E-state index is 12.5. The van der Waals surface area contributed by atoms with Gasteiger partial charge in [0.2, 0.25) is 5.91 Å². The first-order chi connectivity index (χ1) is 42.0. The molecular weight excluding hydrogens is 1040 g/mol. The molecule has 6 heteroatoms. The van der Waals surface area contributed by atoms with Gasteiger partial charge in [-0.3, -0.25) is 9.59 Å². The Morgan fingerprint density at radius 3 is 0.894 bits per heavy atom. The third kappa shape index (κ3) is 71.0.